The lowest BCUT2D eigenvalue weighted by Gasteiger charge is -2.43. The van der Waals surface area contributed by atoms with Crippen molar-refractivity contribution in [3.8, 4) is 0 Å². The molecular weight excluding hydrogens is 162 g/mol. The van der Waals surface area contributed by atoms with Crippen molar-refractivity contribution in [2.75, 3.05) is 6.54 Å². The molecular formula is C11H15NO. The summed E-state index contributed by atoms with van der Waals surface area (Å²) in [6, 6.07) is 10.7. The first-order valence-corrected chi connectivity index (χ1v) is 4.73. The molecule has 2 nitrogen and oxygen atoms in total. The van der Waals surface area contributed by atoms with E-state index in [0.29, 0.717) is 6.04 Å². The van der Waals surface area contributed by atoms with Gasteiger partial charge >= 0.3 is 0 Å². The lowest BCUT2D eigenvalue weighted by Crippen LogP contribution is -2.57. The maximum absolute atomic E-state index is 9.32. The van der Waals surface area contributed by atoms with Crippen LogP contribution in [-0.4, -0.2) is 28.7 Å². The monoisotopic (exact) mass is 177 g/mol. The zero-order valence-corrected chi connectivity index (χ0v) is 7.85. The molecule has 2 unspecified atom stereocenters. The molecule has 0 radical (unpaired) electrons. The molecule has 2 rings (SSSR count). The molecule has 1 heterocycles. The van der Waals surface area contributed by atoms with Crippen LogP contribution in [0.4, 0.5) is 0 Å². The molecule has 0 bridgehead atoms. The van der Waals surface area contributed by atoms with Crippen LogP contribution in [0.3, 0.4) is 0 Å². The first-order valence-electron chi connectivity index (χ1n) is 4.73. The van der Waals surface area contributed by atoms with Gasteiger partial charge in [-0.2, -0.15) is 0 Å². The van der Waals surface area contributed by atoms with Gasteiger partial charge in [-0.3, -0.25) is 4.90 Å². The number of hydrogen-bond acceptors (Lipinski definition) is 2. The zero-order chi connectivity index (χ0) is 9.26. The number of likely N-dealkylation sites (tertiary alicyclic amines) is 1. The van der Waals surface area contributed by atoms with E-state index in [4.69, 9.17) is 0 Å². The van der Waals surface area contributed by atoms with E-state index in [2.05, 4.69) is 36.1 Å². The third-order valence-electron chi connectivity index (χ3n) is 2.78. The van der Waals surface area contributed by atoms with Gasteiger partial charge in [-0.15, -0.1) is 0 Å². The molecule has 1 aromatic rings. The number of rotatable bonds is 2. The van der Waals surface area contributed by atoms with Gasteiger partial charge in [0.25, 0.3) is 0 Å². The molecule has 2 atom stereocenters. The highest BCUT2D eigenvalue weighted by atomic mass is 16.3. The van der Waals surface area contributed by atoms with Crippen molar-refractivity contribution in [3.05, 3.63) is 35.9 Å². The predicted molar refractivity (Wildman–Crippen MR) is 52.3 cm³/mol. The number of benzene rings is 1. The first-order chi connectivity index (χ1) is 6.27. The van der Waals surface area contributed by atoms with Gasteiger partial charge in [0.1, 0.15) is 0 Å². The van der Waals surface area contributed by atoms with E-state index in [1.807, 2.05) is 6.07 Å². The molecule has 70 valence electrons. The molecule has 0 aliphatic carbocycles. The van der Waals surface area contributed by atoms with Crippen molar-refractivity contribution >= 4 is 0 Å². The molecule has 2 heteroatoms. The summed E-state index contributed by atoms with van der Waals surface area (Å²) in [6.45, 7) is 3.84. The van der Waals surface area contributed by atoms with Crippen LogP contribution >= 0.6 is 0 Å². The topological polar surface area (TPSA) is 23.5 Å². The van der Waals surface area contributed by atoms with Crippen LogP contribution in [0.1, 0.15) is 12.5 Å². The molecule has 1 N–H and O–H groups in total. The van der Waals surface area contributed by atoms with Crippen molar-refractivity contribution in [1.29, 1.82) is 0 Å². The molecule has 13 heavy (non-hydrogen) atoms. The smallest absolute Gasteiger partial charge is 0.0819 e. The Labute approximate surface area is 78.8 Å². The summed E-state index contributed by atoms with van der Waals surface area (Å²) < 4.78 is 0. The second-order valence-corrected chi connectivity index (χ2v) is 3.72. The zero-order valence-electron chi connectivity index (χ0n) is 7.85. The quantitative estimate of drug-likeness (QED) is 0.735. The summed E-state index contributed by atoms with van der Waals surface area (Å²) in [7, 11) is 0. The fourth-order valence-corrected chi connectivity index (χ4v) is 1.69. The van der Waals surface area contributed by atoms with Crippen molar-refractivity contribution in [2.24, 2.45) is 0 Å². The number of nitrogens with zero attached hydrogens (tertiary/aromatic N) is 1. The molecule has 1 aliphatic heterocycles. The van der Waals surface area contributed by atoms with Crippen LogP contribution < -0.4 is 0 Å². The first kappa shape index (κ1) is 8.73. The van der Waals surface area contributed by atoms with E-state index in [-0.39, 0.29) is 6.10 Å². The second-order valence-electron chi connectivity index (χ2n) is 3.72. The summed E-state index contributed by atoms with van der Waals surface area (Å²) in [5.41, 5.74) is 1.32. The maximum Gasteiger partial charge on any atom is 0.0819 e. The van der Waals surface area contributed by atoms with E-state index in [0.717, 1.165) is 13.1 Å². The van der Waals surface area contributed by atoms with Gasteiger partial charge in [0, 0.05) is 19.1 Å². The molecule has 0 amide bonds. The molecule has 1 aliphatic rings. The summed E-state index contributed by atoms with van der Waals surface area (Å²) in [5, 5.41) is 9.32. The highest BCUT2D eigenvalue weighted by molar-refractivity contribution is 5.15. The number of aliphatic hydroxyl groups excluding tert-OH is 1. The van der Waals surface area contributed by atoms with Gasteiger partial charge in [0.2, 0.25) is 0 Å². The number of β-amino-alcohol motifs (C(OH)–C–C–N with tert-alkyl or cyclic N) is 1. The Hall–Kier alpha value is -0.860. The summed E-state index contributed by atoms with van der Waals surface area (Å²) in [6.07, 6.45) is -0.122. The third-order valence-corrected chi connectivity index (χ3v) is 2.78. The summed E-state index contributed by atoms with van der Waals surface area (Å²) in [5.74, 6) is 0. The fourth-order valence-electron chi connectivity index (χ4n) is 1.69. The average Bonchev–Trinajstić information content (AvgIpc) is 2.19. The highest BCUT2D eigenvalue weighted by Gasteiger charge is 2.33. The second kappa shape index (κ2) is 3.48. The van der Waals surface area contributed by atoms with E-state index < -0.39 is 0 Å². The van der Waals surface area contributed by atoms with Gasteiger partial charge in [-0.1, -0.05) is 30.3 Å². The Morgan fingerprint density at radius 2 is 2.08 bits per heavy atom. The molecule has 1 aromatic carbocycles. The minimum Gasteiger partial charge on any atom is -0.390 e. The highest BCUT2D eigenvalue weighted by Crippen LogP contribution is 2.20. The number of hydrogen-bond donors (Lipinski definition) is 1. The van der Waals surface area contributed by atoms with Gasteiger partial charge in [0.15, 0.2) is 0 Å². The van der Waals surface area contributed by atoms with Crippen molar-refractivity contribution in [3.63, 3.8) is 0 Å². The SMILES string of the molecule is CC1C(O)CN1Cc1ccccc1. The van der Waals surface area contributed by atoms with Crippen LogP contribution in [0.15, 0.2) is 30.3 Å². The lowest BCUT2D eigenvalue weighted by molar-refractivity contribution is -0.0571. The fraction of sp³-hybridized carbons (Fsp3) is 0.455. The minimum atomic E-state index is -0.122. The van der Waals surface area contributed by atoms with Crippen LogP contribution in [0, 0.1) is 0 Å². The van der Waals surface area contributed by atoms with Crippen molar-refractivity contribution in [2.45, 2.75) is 25.6 Å². The van der Waals surface area contributed by atoms with Gasteiger partial charge in [-0.25, -0.2) is 0 Å². The Bertz CT molecular complexity index is 273. The Balaban J connectivity index is 1.93. The predicted octanol–water partition coefficient (Wildman–Crippen LogP) is 1.25. The minimum absolute atomic E-state index is 0.122. The van der Waals surface area contributed by atoms with Gasteiger partial charge in [-0.05, 0) is 12.5 Å². The van der Waals surface area contributed by atoms with E-state index in [1.165, 1.54) is 5.56 Å². The number of aliphatic hydroxyl groups is 1. The van der Waals surface area contributed by atoms with E-state index in [1.54, 1.807) is 0 Å². The summed E-state index contributed by atoms with van der Waals surface area (Å²) >= 11 is 0. The van der Waals surface area contributed by atoms with Crippen molar-refractivity contribution < 1.29 is 5.11 Å². The molecule has 1 saturated heterocycles. The molecule has 0 saturated carbocycles. The molecule has 1 fully saturated rings. The van der Waals surface area contributed by atoms with Gasteiger partial charge < -0.3 is 5.11 Å². The molecule has 0 spiro atoms. The lowest BCUT2D eigenvalue weighted by atomic mass is 10.0. The Morgan fingerprint density at radius 3 is 2.62 bits per heavy atom. The van der Waals surface area contributed by atoms with Crippen LogP contribution in [0.2, 0.25) is 0 Å². The Morgan fingerprint density at radius 1 is 1.38 bits per heavy atom. The van der Waals surface area contributed by atoms with E-state index >= 15 is 0 Å². The third kappa shape index (κ3) is 1.74. The van der Waals surface area contributed by atoms with Crippen LogP contribution in [0.5, 0.6) is 0 Å². The van der Waals surface area contributed by atoms with Gasteiger partial charge in [0.05, 0.1) is 6.10 Å². The van der Waals surface area contributed by atoms with E-state index in [9.17, 15) is 5.11 Å². The van der Waals surface area contributed by atoms with Crippen LogP contribution in [0.25, 0.3) is 0 Å². The largest absolute Gasteiger partial charge is 0.390 e. The summed E-state index contributed by atoms with van der Waals surface area (Å²) in [4.78, 5) is 2.28. The average molecular weight is 177 g/mol. The molecule has 0 aromatic heterocycles. The van der Waals surface area contributed by atoms with Crippen LogP contribution in [-0.2, 0) is 6.54 Å². The normalized spacial score (nSPS) is 28.5. The van der Waals surface area contributed by atoms with Crippen molar-refractivity contribution in [1.82, 2.24) is 4.90 Å². The standard InChI is InChI=1S/C11H15NO/c1-9-11(13)8-12(9)7-10-5-3-2-4-6-10/h2-6,9,11,13H,7-8H2,1H3. The maximum atomic E-state index is 9.32. The Kier molecular flexibility index (Phi) is 2.34.